The quantitative estimate of drug-likeness (QED) is 0.820. The Morgan fingerprint density at radius 1 is 1.24 bits per heavy atom. The Labute approximate surface area is 149 Å². The van der Waals surface area contributed by atoms with Crippen molar-refractivity contribution >= 4 is 17.6 Å². The fourth-order valence-electron chi connectivity index (χ4n) is 3.96. The van der Waals surface area contributed by atoms with E-state index in [-0.39, 0.29) is 5.91 Å². The monoisotopic (exact) mass is 344 g/mol. The van der Waals surface area contributed by atoms with Gasteiger partial charge in [-0.05, 0) is 25.0 Å². The Balaban J connectivity index is 1.62. The van der Waals surface area contributed by atoms with E-state index in [2.05, 4.69) is 14.8 Å². The topological polar surface area (TPSA) is 56.8 Å². The van der Waals surface area contributed by atoms with Gasteiger partial charge in [0.05, 0.1) is 0 Å². The van der Waals surface area contributed by atoms with E-state index >= 15 is 0 Å². The van der Waals surface area contributed by atoms with E-state index in [4.69, 9.17) is 0 Å². The molecule has 0 spiro atoms. The van der Waals surface area contributed by atoms with Crippen LogP contribution in [0.2, 0.25) is 0 Å². The second kappa shape index (κ2) is 7.42. The minimum atomic E-state index is -0.0984. The minimum Gasteiger partial charge on any atom is -0.359 e. The van der Waals surface area contributed by atoms with Crippen LogP contribution in [0.4, 0.5) is 5.82 Å². The molecule has 2 heterocycles. The summed E-state index contributed by atoms with van der Waals surface area (Å²) in [6.07, 6.45) is 5.43. The molecule has 0 N–H and O–H groups in total. The maximum atomic E-state index is 12.3. The Morgan fingerprint density at radius 2 is 1.96 bits per heavy atom. The Hall–Kier alpha value is -2.11. The van der Waals surface area contributed by atoms with Crippen molar-refractivity contribution < 1.29 is 9.59 Å². The lowest BCUT2D eigenvalue weighted by Crippen LogP contribution is -2.35. The molecular formula is C19H28N4O2. The van der Waals surface area contributed by atoms with E-state index in [0.29, 0.717) is 30.0 Å². The zero-order chi connectivity index (χ0) is 18.0. The maximum Gasteiger partial charge on any atom is 0.272 e. The number of nitrogens with zero attached hydrogens (tertiary/aromatic N) is 4. The lowest BCUT2D eigenvalue weighted by Gasteiger charge is -2.26. The molecule has 1 aromatic heterocycles. The molecule has 136 valence electrons. The highest BCUT2D eigenvalue weighted by Crippen LogP contribution is 2.30. The molecule has 1 aliphatic carbocycles. The van der Waals surface area contributed by atoms with Gasteiger partial charge in [-0.25, -0.2) is 4.98 Å². The third-order valence-electron chi connectivity index (χ3n) is 5.29. The fourth-order valence-corrected chi connectivity index (χ4v) is 3.96. The van der Waals surface area contributed by atoms with Gasteiger partial charge in [0.2, 0.25) is 5.91 Å². The molecule has 6 heteroatoms. The van der Waals surface area contributed by atoms with Crippen LogP contribution in [0.1, 0.15) is 42.6 Å². The van der Waals surface area contributed by atoms with Crippen molar-refractivity contribution in [1.29, 1.82) is 0 Å². The summed E-state index contributed by atoms with van der Waals surface area (Å²) >= 11 is 0. The summed E-state index contributed by atoms with van der Waals surface area (Å²) in [5.74, 6) is 1.31. The van der Waals surface area contributed by atoms with Gasteiger partial charge in [-0.15, -0.1) is 0 Å². The van der Waals surface area contributed by atoms with Gasteiger partial charge in [0, 0.05) is 52.6 Å². The molecule has 1 atom stereocenters. The number of hydrogen-bond donors (Lipinski definition) is 0. The van der Waals surface area contributed by atoms with Crippen molar-refractivity contribution in [3.05, 3.63) is 23.9 Å². The van der Waals surface area contributed by atoms with E-state index < -0.39 is 0 Å². The number of anilines is 1. The van der Waals surface area contributed by atoms with Crippen LogP contribution in [-0.4, -0.2) is 66.9 Å². The first-order chi connectivity index (χ1) is 12.0. The maximum absolute atomic E-state index is 12.3. The van der Waals surface area contributed by atoms with Gasteiger partial charge in [-0.1, -0.05) is 18.9 Å². The Kier molecular flexibility index (Phi) is 5.25. The van der Waals surface area contributed by atoms with Gasteiger partial charge in [-0.2, -0.15) is 0 Å². The molecule has 1 aromatic rings. The number of rotatable bonds is 5. The molecule has 1 unspecified atom stereocenters. The summed E-state index contributed by atoms with van der Waals surface area (Å²) in [6, 6.07) is 5.97. The number of carbonyl (C=O) groups excluding carboxylic acids is 2. The van der Waals surface area contributed by atoms with Gasteiger partial charge in [0.25, 0.3) is 5.91 Å². The van der Waals surface area contributed by atoms with Crippen LogP contribution in [0.15, 0.2) is 18.2 Å². The van der Waals surface area contributed by atoms with E-state index in [1.54, 1.807) is 20.2 Å². The van der Waals surface area contributed by atoms with Crippen LogP contribution in [-0.2, 0) is 4.79 Å². The molecule has 0 bridgehead atoms. The van der Waals surface area contributed by atoms with Crippen molar-refractivity contribution in [2.45, 2.75) is 38.1 Å². The molecule has 0 radical (unpaired) electrons. The van der Waals surface area contributed by atoms with Crippen LogP contribution < -0.4 is 4.90 Å². The molecule has 3 rings (SSSR count). The number of amides is 2. The predicted octanol–water partition coefficient (Wildman–Crippen LogP) is 2.01. The van der Waals surface area contributed by atoms with Gasteiger partial charge >= 0.3 is 0 Å². The molecule has 2 aliphatic rings. The van der Waals surface area contributed by atoms with Crippen molar-refractivity contribution in [3.8, 4) is 0 Å². The van der Waals surface area contributed by atoms with Gasteiger partial charge in [-0.3, -0.25) is 9.59 Å². The van der Waals surface area contributed by atoms with Crippen LogP contribution in [0, 0.1) is 5.92 Å². The van der Waals surface area contributed by atoms with Crippen LogP contribution in [0.5, 0.6) is 0 Å². The lowest BCUT2D eigenvalue weighted by atomic mass is 10.1. The first kappa shape index (κ1) is 17.7. The van der Waals surface area contributed by atoms with Crippen molar-refractivity contribution in [2.75, 3.05) is 39.1 Å². The molecule has 1 saturated carbocycles. The summed E-state index contributed by atoms with van der Waals surface area (Å²) in [5.41, 5.74) is 0.449. The molecule has 25 heavy (non-hydrogen) atoms. The third kappa shape index (κ3) is 3.94. The first-order valence-corrected chi connectivity index (χ1v) is 9.15. The number of likely N-dealkylation sites (tertiary alicyclic amines) is 1. The molecule has 2 fully saturated rings. The molecule has 1 saturated heterocycles. The molecule has 0 aromatic carbocycles. The standard InChI is InChI=1S/C19H28N4O2/c1-21(2)19(25)16-9-6-10-17(20-16)22(3)12-14-11-18(24)23(13-14)15-7-4-5-8-15/h6,9-10,14-15H,4-5,7-8,11-13H2,1-3H3. The number of pyridine rings is 1. The second-order valence-electron chi connectivity index (χ2n) is 7.52. The van der Waals surface area contributed by atoms with E-state index in [1.807, 2.05) is 19.2 Å². The summed E-state index contributed by atoms with van der Waals surface area (Å²) < 4.78 is 0. The van der Waals surface area contributed by atoms with E-state index in [1.165, 1.54) is 17.7 Å². The Morgan fingerprint density at radius 3 is 2.64 bits per heavy atom. The van der Waals surface area contributed by atoms with Crippen molar-refractivity contribution in [1.82, 2.24) is 14.8 Å². The fraction of sp³-hybridized carbons (Fsp3) is 0.632. The third-order valence-corrected chi connectivity index (χ3v) is 5.29. The average molecular weight is 344 g/mol. The van der Waals surface area contributed by atoms with Gasteiger partial charge < -0.3 is 14.7 Å². The van der Waals surface area contributed by atoms with Gasteiger partial charge in [0.15, 0.2) is 0 Å². The Bertz CT molecular complexity index is 640. The summed E-state index contributed by atoms with van der Waals surface area (Å²) in [5, 5.41) is 0. The molecule has 2 amide bonds. The van der Waals surface area contributed by atoms with Crippen molar-refractivity contribution in [3.63, 3.8) is 0 Å². The lowest BCUT2D eigenvalue weighted by molar-refractivity contribution is -0.129. The molecular weight excluding hydrogens is 316 g/mol. The zero-order valence-electron chi connectivity index (χ0n) is 15.4. The van der Waals surface area contributed by atoms with Crippen LogP contribution in [0.25, 0.3) is 0 Å². The number of hydrogen-bond acceptors (Lipinski definition) is 4. The SMILES string of the molecule is CN(C)C(=O)c1cccc(N(C)CC2CC(=O)N(C3CCCC3)C2)n1. The minimum absolute atomic E-state index is 0.0984. The largest absolute Gasteiger partial charge is 0.359 e. The normalized spacial score (nSPS) is 21.0. The highest BCUT2D eigenvalue weighted by molar-refractivity contribution is 5.92. The summed E-state index contributed by atoms with van der Waals surface area (Å²) in [6.45, 7) is 1.63. The molecule has 6 nitrogen and oxygen atoms in total. The predicted molar refractivity (Wildman–Crippen MR) is 97.6 cm³/mol. The number of carbonyl (C=O) groups is 2. The van der Waals surface area contributed by atoms with Crippen LogP contribution >= 0.6 is 0 Å². The highest BCUT2D eigenvalue weighted by atomic mass is 16.2. The molecule has 1 aliphatic heterocycles. The highest BCUT2D eigenvalue weighted by Gasteiger charge is 2.35. The average Bonchev–Trinajstić information content (AvgIpc) is 3.23. The second-order valence-corrected chi connectivity index (χ2v) is 7.52. The van der Waals surface area contributed by atoms with E-state index in [0.717, 1.165) is 31.7 Å². The smallest absolute Gasteiger partial charge is 0.272 e. The summed E-state index contributed by atoms with van der Waals surface area (Å²) in [7, 11) is 5.43. The van der Waals surface area contributed by atoms with Gasteiger partial charge in [0.1, 0.15) is 11.5 Å². The number of aromatic nitrogens is 1. The zero-order valence-corrected chi connectivity index (χ0v) is 15.4. The summed E-state index contributed by atoms with van der Waals surface area (Å²) in [4.78, 5) is 34.6. The van der Waals surface area contributed by atoms with Crippen LogP contribution in [0.3, 0.4) is 0 Å². The first-order valence-electron chi connectivity index (χ1n) is 9.15. The van der Waals surface area contributed by atoms with Crippen molar-refractivity contribution in [2.24, 2.45) is 5.92 Å². The van der Waals surface area contributed by atoms with E-state index in [9.17, 15) is 9.59 Å².